The highest BCUT2D eigenvalue weighted by molar-refractivity contribution is 5.94. The van der Waals surface area contributed by atoms with Gasteiger partial charge in [-0.3, -0.25) is 0 Å². The number of carboxylic acids is 1. The summed E-state index contributed by atoms with van der Waals surface area (Å²) >= 11 is 0. The van der Waals surface area contributed by atoms with Crippen LogP contribution in [0.25, 0.3) is 5.65 Å². The van der Waals surface area contributed by atoms with E-state index in [0.29, 0.717) is 18.2 Å². The zero-order valence-electron chi connectivity index (χ0n) is 10.6. The van der Waals surface area contributed by atoms with Crippen molar-refractivity contribution in [2.45, 2.75) is 32.9 Å². The van der Waals surface area contributed by atoms with Crippen molar-refractivity contribution in [1.82, 2.24) is 14.7 Å². The number of imidazole rings is 1. The molecule has 0 bridgehead atoms. The van der Waals surface area contributed by atoms with Gasteiger partial charge < -0.3 is 14.8 Å². The number of nitrogens with one attached hydrogen (secondary N) is 1. The molecule has 0 saturated carbocycles. The molecule has 2 aromatic heterocycles. The van der Waals surface area contributed by atoms with Crippen LogP contribution in [-0.4, -0.2) is 26.5 Å². The molecule has 0 fully saturated rings. The van der Waals surface area contributed by atoms with Gasteiger partial charge in [-0.1, -0.05) is 6.92 Å². The number of hydrogen-bond donors (Lipinski definition) is 2. The van der Waals surface area contributed by atoms with Crippen molar-refractivity contribution in [3.63, 3.8) is 0 Å². The van der Waals surface area contributed by atoms with Crippen molar-refractivity contribution in [3.8, 4) is 0 Å². The van der Waals surface area contributed by atoms with Crippen LogP contribution in [0.2, 0.25) is 0 Å². The Balaban J connectivity index is 2.31. The third kappa shape index (κ3) is 2.51. The number of carboxylic acid groups (broad SMARTS) is 1. The Bertz CT molecular complexity index is 562. The SMILES string of the molecule is CC[C@H](C)NCc1cc(C(=O)O)c2nccn2c1. The first-order chi connectivity index (χ1) is 8.61. The Kier molecular flexibility index (Phi) is 3.62. The quantitative estimate of drug-likeness (QED) is 0.847. The highest BCUT2D eigenvalue weighted by atomic mass is 16.4. The molecule has 0 amide bonds. The molecule has 5 heteroatoms. The average Bonchev–Trinajstić information content (AvgIpc) is 2.82. The minimum atomic E-state index is -0.948. The van der Waals surface area contributed by atoms with Crippen LogP contribution in [0.5, 0.6) is 0 Å². The number of rotatable bonds is 5. The summed E-state index contributed by atoms with van der Waals surface area (Å²) in [5.41, 5.74) is 1.66. The molecule has 2 heterocycles. The lowest BCUT2D eigenvalue weighted by Gasteiger charge is -2.12. The molecular formula is C13H17N3O2. The number of nitrogens with zero attached hydrogens (tertiary/aromatic N) is 2. The van der Waals surface area contributed by atoms with Gasteiger partial charge in [0.25, 0.3) is 0 Å². The molecule has 5 nitrogen and oxygen atoms in total. The monoisotopic (exact) mass is 247 g/mol. The molecule has 0 aliphatic carbocycles. The summed E-state index contributed by atoms with van der Waals surface area (Å²) < 4.78 is 1.75. The topological polar surface area (TPSA) is 66.6 Å². The Morgan fingerprint density at radius 3 is 3.06 bits per heavy atom. The van der Waals surface area contributed by atoms with E-state index in [1.165, 1.54) is 0 Å². The predicted molar refractivity (Wildman–Crippen MR) is 68.7 cm³/mol. The standard InChI is InChI=1S/C13H17N3O2/c1-3-9(2)15-7-10-6-11(13(17)18)12-14-4-5-16(12)8-10/h4-6,8-9,15H,3,7H2,1-2H3,(H,17,18)/t9-/m0/s1. The molecular weight excluding hydrogens is 230 g/mol. The highest BCUT2D eigenvalue weighted by Crippen LogP contribution is 2.12. The van der Waals surface area contributed by atoms with Gasteiger partial charge in [-0.05, 0) is 25.0 Å². The van der Waals surface area contributed by atoms with Crippen LogP contribution in [0, 0.1) is 0 Å². The summed E-state index contributed by atoms with van der Waals surface area (Å²) in [4.78, 5) is 15.2. The van der Waals surface area contributed by atoms with E-state index >= 15 is 0 Å². The maximum absolute atomic E-state index is 11.2. The molecule has 2 N–H and O–H groups in total. The summed E-state index contributed by atoms with van der Waals surface area (Å²) in [6.07, 6.45) is 6.31. The van der Waals surface area contributed by atoms with E-state index in [9.17, 15) is 9.90 Å². The molecule has 2 aromatic rings. The van der Waals surface area contributed by atoms with E-state index in [0.717, 1.165) is 12.0 Å². The molecule has 0 saturated heterocycles. The molecule has 0 aliphatic heterocycles. The molecule has 1 atom stereocenters. The Hall–Kier alpha value is -1.88. The fourth-order valence-electron chi connectivity index (χ4n) is 1.78. The minimum Gasteiger partial charge on any atom is -0.478 e. The van der Waals surface area contributed by atoms with Crippen LogP contribution in [-0.2, 0) is 6.54 Å². The highest BCUT2D eigenvalue weighted by Gasteiger charge is 2.12. The van der Waals surface area contributed by atoms with Gasteiger partial charge in [0.2, 0.25) is 0 Å². The smallest absolute Gasteiger partial charge is 0.339 e. The first kappa shape index (κ1) is 12.6. The lowest BCUT2D eigenvalue weighted by molar-refractivity contribution is 0.0698. The summed E-state index contributed by atoms with van der Waals surface area (Å²) in [6, 6.07) is 2.09. The van der Waals surface area contributed by atoms with Crippen LogP contribution in [0.1, 0.15) is 36.2 Å². The van der Waals surface area contributed by atoms with Crippen LogP contribution >= 0.6 is 0 Å². The second-order valence-corrected chi connectivity index (χ2v) is 4.42. The van der Waals surface area contributed by atoms with Gasteiger partial charge in [0.15, 0.2) is 5.65 Å². The van der Waals surface area contributed by atoms with Crippen LogP contribution in [0.4, 0.5) is 0 Å². The van der Waals surface area contributed by atoms with Crippen molar-refractivity contribution in [3.05, 3.63) is 35.8 Å². The number of hydrogen-bond acceptors (Lipinski definition) is 3. The van der Waals surface area contributed by atoms with Crippen molar-refractivity contribution in [2.24, 2.45) is 0 Å². The van der Waals surface area contributed by atoms with Crippen LogP contribution < -0.4 is 5.32 Å². The van der Waals surface area contributed by atoms with Crippen molar-refractivity contribution >= 4 is 11.6 Å². The molecule has 2 rings (SSSR count). The van der Waals surface area contributed by atoms with Crippen molar-refractivity contribution in [1.29, 1.82) is 0 Å². The van der Waals surface area contributed by atoms with Crippen LogP contribution in [0.3, 0.4) is 0 Å². The second kappa shape index (κ2) is 5.18. The summed E-state index contributed by atoms with van der Waals surface area (Å²) in [6.45, 7) is 4.87. The van der Waals surface area contributed by atoms with E-state index in [4.69, 9.17) is 0 Å². The van der Waals surface area contributed by atoms with Gasteiger partial charge in [-0.15, -0.1) is 0 Å². The molecule has 96 valence electrons. The number of carbonyl (C=O) groups is 1. The third-order valence-electron chi connectivity index (χ3n) is 3.04. The summed E-state index contributed by atoms with van der Waals surface area (Å²) in [5.74, 6) is -0.948. The average molecular weight is 247 g/mol. The molecule has 0 aliphatic rings. The van der Waals surface area contributed by atoms with Gasteiger partial charge in [0.05, 0.1) is 0 Å². The predicted octanol–water partition coefficient (Wildman–Crippen LogP) is 1.92. The Morgan fingerprint density at radius 1 is 1.61 bits per heavy atom. The van der Waals surface area contributed by atoms with Crippen molar-refractivity contribution in [2.75, 3.05) is 0 Å². The summed E-state index contributed by atoms with van der Waals surface area (Å²) in [7, 11) is 0. The van der Waals surface area contributed by atoms with Gasteiger partial charge in [0.1, 0.15) is 5.56 Å². The minimum absolute atomic E-state index is 0.239. The van der Waals surface area contributed by atoms with E-state index in [2.05, 4.69) is 24.1 Å². The largest absolute Gasteiger partial charge is 0.478 e. The van der Waals surface area contributed by atoms with Crippen LogP contribution in [0.15, 0.2) is 24.7 Å². The number of pyridine rings is 1. The molecule has 0 unspecified atom stereocenters. The Morgan fingerprint density at radius 2 is 2.39 bits per heavy atom. The van der Waals surface area contributed by atoms with E-state index in [1.807, 2.05) is 6.20 Å². The van der Waals surface area contributed by atoms with E-state index in [1.54, 1.807) is 22.9 Å². The molecule has 0 spiro atoms. The lowest BCUT2D eigenvalue weighted by Crippen LogP contribution is -2.24. The molecule has 0 radical (unpaired) electrons. The number of fused-ring (bicyclic) bond motifs is 1. The molecule has 18 heavy (non-hydrogen) atoms. The lowest BCUT2D eigenvalue weighted by atomic mass is 10.1. The second-order valence-electron chi connectivity index (χ2n) is 4.42. The van der Waals surface area contributed by atoms with Crippen molar-refractivity contribution < 1.29 is 9.90 Å². The fourth-order valence-corrected chi connectivity index (χ4v) is 1.78. The maximum atomic E-state index is 11.2. The number of aromatic nitrogens is 2. The first-order valence-corrected chi connectivity index (χ1v) is 6.04. The fraction of sp³-hybridized carbons (Fsp3) is 0.385. The number of aromatic carboxylic acids is 1. The van der Waals surface area contributed by atoms with Gasteiger partial charge in [-0.2, -0.15) is 0 Å². The zero-order chi connectivity index (χ0) is 13.1. The van der Waals surface area contributed by atoms with Gasteiger partial charge >= 0.3 is 5.97 Å². The Labute approximate surface area is 105 Å². The van der Waals surface area contributed by atoms with Gasteiger partial charge in [0, 0.05) is 31.2 Å². The first-order valence-electron chi connectivity index (χ1n) is 6.04. The maximum Gasteiger partial charge on any atom is 0.339 e. The van der Waals surface area contributed by atoms with E-state index < -0.39 is 5.97 Å². The van der Waals surface area contributed by atoms with Gasteiger partial charge in [-0.25, -0.2) is 9.78 Å². The van der Waals surface area contributed by atoms with E-state index in [-0.39, 0.29) is 5.56 Å². The molecule has 0 aromatic carbocycles. The zero-order valence-corrected chi connectivity index (χ0v) is 10.6. The normalized spacial score (nSPS) is 12.8. The third-order valence-corrected chi connectivity index (χ3v) is 3.04. The summed E-state index contributed by atoms with van der Waals surface area (Å²) in [5, 5.41) is 12.5.